The van der Waals surface area contributed by atoms with E-state index in [2.05, 4.69) is 24.0 Å². The smallest absolute Gasteiger partial charge is 0.146 e. The molecule has 0 saturated heterocycles. The van der Waals surface area contributed by atoms with Gasteiger partial charge in [0, 0.05) is 13.0 Å². The summed E-state index contributed by atoms with van der Waals surface area (Å²) in [6, 6.07) is 8.29. The molecule has 0 aromatic heterocycles. The number of hydrogen-bond acceptors (Lipinski definition) is 2. The standard InChI is InChI=1S/C13H19NO/c1-4-13(15)10-14(3)9-12-8-6-5-7-11(12)2/h5-8H,4,9-10H2,1-3H3. The lowest BCUT2D eigenvalue weighted by atomic mass is 10.1. The Morgan fingerprint density at radius 3 is 2.60 bits per heavy atom. The van der Waals surface area contributed by atoms with Gasteiger partial charge in [-0.05, 0) is 25.1 Å². The van der Waals surface area contributed by atoms with Crippen LogP contribution in [0.5, 0.6) is 0 Å². The van der Waals surface area contributed by atoms with Crippen molar-refractivity contribution in [1.29, 1.82) is 0 Å². The molecule has 0 unspecified atom stereocenters. The lowest BCUT2D eigenvalue weighted by molar-refractivity contribution is -0.119. The molecule has 2 nitrogen and oxygen atoms in total. The van der Waals surface area contributed by atoms with Crippen LogP contribution in [0.3, 0.4) is 0 Å². The first-order valence-electron chi connectivity index (χ1n) is 5.38. The molecule has 0 spiro atoms. The molecule has 0 fully saturated rings. The molecule has 2 heteroatoms. The van der Waals surface area contributed by atoms with Crippen molar-refractivity contribution in [3.8, 4) is 0 Å². The van der Waals surface area contributed by atoms with E-state index in [4.69, 9.17) is 0 Å². The van der Waals surface area contributed by atoms with Crippen molar-refractivity contribution in [1.82, 2.24) is 4.90 Å². The van der Waals surface area contributed by atoms with Gasteiger partial charge in [-0.3, -0.25) is 9.69 Å². The first-order valence-corrected chi connectivity index (χ1v) is 5.38. The molecule has 0 atom stereocenters. The van der Waals surface area contributed by atoms with Gasteiger partial charge in [0.15, 0.2) is 0 Å². The Kier molecular flexibility index (Phi) is 4.50. The Labute approximate surface area is 91.9 Å². The predicted octanol–water partition coefficient (Wildman–Crippen LogP) is 2.41. The van der Waals surface area contributed by atoms with E-state index in [1.54, 1.807) is 0 Å². The molecular weight excluding hydrogens is 186 g/mol. The van der Waals surface area contributed by atoms with E-state index in [1.807, 2.05) is 26.1 Å². The van der Waals surface area contributed by atoms with Crippen molar-refractivity contribution in [3.63, 3.8) is 0 Å². The number of likely N-dealkylation sites (N-methyl/N-ethyl adjacent to an activating group) is 1. The van der Waals surface area contributed by atoms with Gasteiger partial charge in [-0.25, -0.2) is 0 Å². The van der Waals surface area contributed by atoms with E-state index in [9.17, 15) is 4.79 Å². The van der Waals surface area contributed by atoms with Gasteiger partial charge in [0.1, 0.15) is 5.78 Å². The Bertz CT molecular complexity index is 333. The molecule has 82 valence electrons. The number of ketones is 1. The average molecular weight is 205 g/mol. The SMILES string of the molecule is CCC(=O)CN(C)Cc1ccccc1C. The van der Waals surface area contributed by atoms with Crippen molar-refractivity contribution < 1.29 is 4.79 Å². The molecule has 0 amide bonds. The molecule has 1 aromatic rings. The lowest BCUT2D eigenvalue weighted by Gasteiger charge is -2.16. The third-order valence-corrected chi connectivity index (χ3v) is 2.54. The fraction of sp³-hybridized carbons (Fsp3) is 0.462. The third kappa shape index (κ3) is 3.84. The number of nitrogens with zero attached hydrogens (tertiary/aromatic N) is 1. The van der Waals surface area contributed by atoms with E-state index >= 15 is 0 Å². The van der Waals surface area contributed by atoms with Gasteiger partial charge in [-0.2, -0.15) is 0 Å². The summed E-state index contributed by atoms with van der Waals surface area (Å²) in [4.78, 5) is 13.3. The van der Waals surface area contributed by atoms with Gasteiger partial charge in [0.2, 0.25) is 0 Å². The van der Waals surface area contributed by atoms with E-state index in [-0.39, 0.29) is 0 Å². The second-order valence-corrected chi connectivity index (χ2v) is 3.99. The van der Waals surface area contributed by atoms with Crippen molar-refractivity contribution in [2.24, 2.45) is 0 Å². The topological polar surface area (TPSA) is 20.3 Å². The maximum absolute atomic E-state index is 11.3. The molecular formula is C13H19NO. The van der Waals surface area contributed by atoms with Crippen LogP contribution in [0.15, 0.2) is 24.3 Å². The van der Waals surface area contributed by atoms with E-state index in [0.29, 0.717) is 18.7 Å². The van der Waals surface area contributed by atoms with Crippen LogP contribution < -0.4 is 0 Å². The van der Waals surface area contributed by atoms with Crippen LogP contribution in [-0.2, 0) is 11.3 Å². The highest BCUT2D eigenvalue weighted by molar-refractivity contribution is 5.80. The van der Waals surface area contributed by atoms with E-state index in [0.717, 1.165) is 6.54 Å². The van der Waals surface area contributed by atoms with Crippen LogP contribution in [-0.4, -0.2) is 24.3 Å². The lowest BCUT2D eigenvalue weighted by Crippen LogP contribution is -2.25. The Morgan fingerprint density at radius 1 is 1.33 bits per heavy atom. The largest absolute Gasteiger partial charge is 0.298 e. The zero-order valence-corrected chi connectivity index (χ0v) is 9.79. The fourth-order valence-electron chi connectivity index (χ4n) is 1.55. The molecule has 0 aliphatic rings. The normalized spacial score (nSPS) is 10.7. The minimum absolute atomic E-state index is 0.297. The number of carbonyl (C=O) groups excluding carboxylic acids is 1. The van der Waals surface area contributed by atoms with Crippen LogP contribution >= 0.6 is 0 Å². The second kappa shape index (κ2) is 5.66. The van der Waals surface area contributed by atoms with Crippen molar-refractivity contribution in [2.75, 3.05) is 13.6 Å². The summed E-state index contributed by atoms with van der Waals surface area (Å²) in [6.07, 6.45) is 0.623. The molecule has 15 heavy (non-hydrogen) atoms. The summed E-state index contributed by atoms with van der Waals surface area (Å²) in [6.45, 7) is 5.40. The average Bonchev–Trinajstić information content (AvgIpc) is 2.21. The second-order valence-electron chi connectivity index (χ2n) is 3.99. The maximum atomic E-state index is 11.3. The predicted molar refractivity (Wildman–Crippen MR) is 62.8 cm³/mol. The van der Waals surface area contributed by atoms with Crippen LogP contribution in [0.4, 0.5) is 0 Å². The quantitative estimate of drug-likeness (QED) is 0.735. The monoisotopic (exact) mass is 205 g/mol. The van der Waals surface area contributed by atoms with Crippen LogP contribution in [0.1, 0.15) is 24.5 Å². The number of rotatable bonds is 5. The van der Waals surface area contributed by atoms with Crippen LogP contribution in [0.25, 0.3) is 0 Å². The van der Waals surface area contributed by atoms with Gasteiger partial charge in [0.25, 0.3) is 0 Å². The Morgan fingerprint density at radius 2 is 2.00 bits per heavy atom. The zero-order chi connectivity index (χ0) is 11.3. The zero-order valence-electron chi connectivity index (χ0n) is 9.79. The van der Waals surface area contributed by atoms with Crippen molar-refractivity contribution in [3.05, 3.63) is 35.4 Å². The number of hydrogen-bond donors (Lipinski definition) is 0. The molecule has 0 heterocycles. The van der Waals surface area contributed by atoms with Crippen molar-refractivity contribution >= 4 is 5.78 Å². The minimum Gasteiger partial charge on any atom is -0.298 e. The molecule has 0 saturated carbocycles. The Balaban J connectivity index is 2.55. The van der Waals surface area contributed by atoms with Gasteiger partial charge < -0.3 is 0 Å². The highest BCUT2D eigenvalue weighted by Gasteiger charge is 2.06. The number of benzene rings is 1. The van der Waals surface area contributed by atoms with E-state index in [1.165, 1.54) is 11.1 Å². The first-order chi connectivity index (χ1) is 7.13. The summed E-state index contributed by atoms with van der Waals surface area (Å²) >= 11 is 0. The summed E-state index contributed by atoms with van der Waals surface area (Å²) in [5.41, 5.74) is 2.58. The highest BCUT2D eigenvalue weighted by Crippen LogP contribution is 2.09. The first kappa shape index (κ1) is 11.9. The van der Waals surface area contributed by atoms with E-state index < -0.39 is 0 Å². The molecule has 1 aromatic carbocycles. The number of aryl methyl sites for hydroxylation is 1. The number of Topliss-reactive ketones (excluding diaryl/α,β-unsaturated/α-hetero) is 1. The fourth-order valence-corrected chi connectivity index (χ4v) is 1.55. The third-order valence-electron chi connectivity index (χ3n) is 2.54. The molecule has 0 bridgehead atoms. The Hall–Kier alpha value is -1.15. The summed E-state index contributed by atoms with van der Waals surface area (Å²) < 4.78 is 0. The van der Waals surface area contributed by atoms with Crippen LogP contribution in [0, 0.1) is 6.92 Å². The number of carbonyl (C=O) groups is 1. The summed E-state index contributed by atoms with van der Waals surface area (Å²) in [5.74, 6) is 0.297. The minimum atomic E-state index is 0.297. The highest BCUT2D eigenvalue weighted by atomic mass is 16.1. The van der Waals surface area contributed by atoms with Crippen LogP contribution in [0.2, 0.25) is 0 Å². The summed E-state index contributed by atoms with van der Waals surface area (Å²) in [7, 11) is 1.99. The molecule has 0 N–H and O–H groups in total. The maximum Gasteiger partial charge on any atom is 0.146 e. The molecule has 0 radical (unpaired) electrons. The molecule has 0 aliphatic heterocycles. The summed E-state index contributed by atoms with van der Waals surface area (Å²) in [5, 5.41) is 0. The van der Waals surface area contributed by atoms with Gasteiger partial charge in [0.05, 0.1) is 6.54 Å². The van der Waals surface area contributed by atoms with Gasteiger partial charge >= 0.3 is 0 Å². The van der Waals surface area contributed by atoms with Crippen molar-refractivity contribution in [2.45, 2.75) is 26.8 Å². The molecule has 0 aliphatic carbocycles. The van der Waals surface area contributed by atoms with Gasteiger partial charge in [-0.15, -0.1) is 0 Å². The molecule has 1 rings (SSSR count). The van der Waals surface area contributed by atoms with Gasteiger partial charge in [-0.1, -0.05) is 31.2 Å².